The summed E-state index contributed by atoms with van der Waals surface area (Å²) < 4.78 is 0. The summed E-state index contributed by atoms with van der Waals surface area (Å²) in [6, 6.07) is 0. The van der Waals surface area contributed by atoms with Crippen LogP contribution in [0.1, 0.15) is 35.8 Å². The lowest BCUT2D eigenvalue weighted by Gasteiger charge is -2.25. The summed E-state index contributed by atoms with van der Waals surface area (Å²) in [5, 5.41) is 2.55. The Hall–Kier alpha value is -1.51. The van der Waals surface area contributed by atoms with Gasteiger partial charge in [-0.1, -0.05) is 0 Å². The average Bonchev–Trinajstić information content (AvgIpc) is 2.95. The second kappa shape index (κ2) is 9.10. The van der Waals surface area contributed by atoms with Gasteiger partial charge in [0.2, 0.25) is 5.91 Å². The minimum Gasteiger partial charge on any atom is -0.342 e. The van der Waals surface area contributed by atoms with E-state index in [0.29, 0.717) is 38.4 Å². The van der Waals surface area contributed by atoms with Crippen LogP contribution in [-0.2, 0) is 11.3 Å². The first-order chi connectivity index (χ1) is 11.6. The Labute approximate surface area is 147 Å². The number of nitrogens with two attached hydrogens (primary N) is 1. The summed E-state index contributed by atoms with van der Waals surface area (Å²) >= 11 is 1.42. The molecule has 0 bridgehead atoms. The first-order valence-electron chi connectivity index (χ1n) is 8.52. The number of thiazole rings is 1. The normalized spacial score (nSPS) is 16.0. The molecule has 2 rings (SSSR count). The Balaban J connectivity index is 1.90. The Morgan fingerprint density at radius 1 is 1.25 bits per heavy atom. The number of aromatic nitrogens is 1. The lowest BCUT2D eigenvalue weighted by Crippen LogP contribution is -2.42. The Morgan fingerprint density at radius 3 is 2.62 bits per heavy atom. The van der Waals surface area contributed by atoms with Crippen molar-refractivity contribution in [3.63, 3.8) is 0 Å². The van der Waals surface area contributed by atoms with E-state index < -0.39 is 0 Å². The van der Waals surface area contributed by atoms with Gasteiger partial charge in [0.05, 0.1) is 6.54 Å². The van der Waals surface area contributed by atoms with Crippen molar-refractivity contribution in [1.82, 2.24) is 19.7 Å². The van der Waals surface area contributed by atoms with E-state index in [9.17, 15) is 9.59 Å². The standard InChI is InChI=1S/C16H27N5O2S/c1-3-20(4-2)15(22)11-19-6-5-7-21(9-8-19)16(23)13-12-24-14(10-17)18-13/h12H,3-11,17H2,1-2H3. The first-order valence-corrected chi connectivity index (χ1v) is 9.40. The molecule has 1 aromatic rings. The smallest absolute Gasteiger partial charge is 0.273 e. The van der Waals surface area contributed by atoms with E-state index in [2.05, 4.69) is 9.88 Å². The van der Waals surface area contributed by atoms with Crippen LogP contribution in [0, 0.1) is 0 Å². The number of hydrogen-bond donors (Lipinski definition) is 1. The summed E-state index contributed by atoms with van der Waals surface area (Å²) in [6.45, 7) is 9.12. The van der Waals surface area contributed by atoms with E-state index in [-0.39, 0.29) is 11.8 Å². The summed E-state index contributed by atoms with van der Waals surface area (Å²) in [5.74, 6) is 0.120. The van der Waals surface area contributed by atoms with Gasteiger partial charge in [0, 0.05) is 51.2 Å². The van der Waals surface area contributed by atoms with Gasteiger partial charge in [0.25, 0.3) is 5.91 Å². The molecule has 0 radical (unpaired) electrons. The molecule has 0 unspecified atom stereocenters. The van der Waals surface area contributed by atoms with Crippen molar-refractivity contribution >= 4 is 23.2 Å². The van der Waals surface area contributed by atoms with E-state index in [0.717, 1.165) is 31.1 Å². The molecular weight excluding hydrogens is 326 g/mol. The molecule has 8 heteroatoms. The van der Waals surface area contributed by atoms with Crippen LogP contribution < -0.4 is 5.73 Å². The fourth-order valence-electron chi connectivity index (χ4n) is 2.86. The third-order valence-corrected chi connectivity index (χ3v) is 5.17. The summed E-state index contributed by atoms with van der Waals surface area (Å²) in [5.41, 5.74) is 6.04. The maximum atomic E-state index is 12.5. The number of nitrogens with zero attached hydrogens (tertiary/aromatic N) is 4. The monoisotopic (exact) mass is 353 g/mol. The highest BCUT2D eigenvalue weighted by Gasteiger charge is 2.23. The van der Waals surface area contributed by atoms with Crippen molar-refractivity contribution < 1.29 is 9.59 Å². The molecule has 0 saturated carbocycles. The second-order valence-corrected chi connectivity index (χ2v) is 6.76. The van der Waals surface area contributed by atoms with Crippen molar-refractivity contribution in [2.24, 2.45) is 5.73 Å². The van der Waals surface area contributed by atoms with Gasteiger partial charge in [-0.05, 0) is 20.3 Å². The Bertz CT molecular complexity index is 558. The largest absolute Gasteiger partial charge is 0.342 e. The van der Waals surface area contributed by atoms with Crippen LogP contribution >= 0.6 is 11.3 Å². The molecule has 0 spiro atoms. The Morgan fingerprint density at radius 2 is 2.00 bits per heavy atom. The highest BCUT2D eigenvalue weighted by molar-refractivity contribution is 7.09. The first kappa shape index (κ1) is 18.8. The molecule has 2 amide bonds. The molecule has 1 saturated heterocycles. The number of likely N-dealkylation sites (N-methyl/N-ethyl adjacent to an activating group) is 1. The molecule has 134 valence electrons. The van der Waals surface area contributed by atoms with Gasteiger partial charge in [-0.3, -0.25) is 14.5 Å². The maximum Gasteiger partial charge on any atom is 0.273 e. The van der Waals surface area contributed by atoms with E-state index in [1.165, 1.54) is 11.3 Å². The Kier molecular flexibility index (Phi) is 7.14. The molecule has 2 heterocycles. The molecular formula is C16H27N5O2S. The van der Waals surface area contributed by atoms with Crippen molar-refractivity contribution in [2.75, 3.05) is 45.8 Å². The molecule has 7 nitrogen and oxygen atoms in total. The molecule has 1 aliphatic heterocycles. The van der Waals surface area contributed by atoms with Gasteiger partial charge in [0.15, 0.2) is 0 Å². The molecule has 24 heavy (non-hydrogen) atoms. The quantitative estimate of drug-likeness (QED) is 0.811. The van der Waals surface area contributed by atoms with Crippen LogP contribution in [0.2, 0.25) is 0 Å². The minimum atomic E-state index is -0.0390. The van der Waals surface area contributed by atoms with Gasteiger partial charge in [-0.2, -0.15) is 0 Å². The van der Waals surface area contributed by atoms with Crippen LogP contribution in [0.25, 0.3) is 0 Å². The van der Waals surface area contributed by atoms with Crippen molar-refractivity contribution in [2.45, 2.75) is 26.8 Å². The molecule has 1 aromatic heterocycles. The van der Waals surface area contributed by atoms with Crippen LogP contribution in [0.3, 0.4) is 0 Å². The number of rotatable bonds is 6. The van der Waals surface area contributed by atoms with E-state index >= 15 is 0 Å². The molecule has 0 atom stereocenters. The molecule has 1 aliphatic rings. The fraction of sp³-hybridized carbons (Fsp3) is 0.688. The second-order valence-electron chi connectivity index (χ2n) is 5.82. The lowest BCUT2D eigenvalue weighted by atomic mass is 10.3. The summed E-state index contributed by atoms with van der Waals surface area (Å²) in [7, 11) is 0. The molecule has 1 fully saturated rings. The fourth-order valence-corrected chi connectivity index (χ4v) is 3.51. The van der Waals surface area contributed by atoms with E-state index in [4.69, 9.17) is 5.73 Å². The van der Waals surface area contributed by atoms with Crippen molar-refractivity contribution in [3.05, 3.63) is 16.1 Å². The van der Waals surface area contributed by atoms with Gasteiger partial charge in [-0.25, -0.2) is 4.98 Å². The predicted molar refractivity (Wildman–Crippen MR) is 94.9 cm³/mol. The highest BCUT2D eigenvalue weighted by Crippen LogP contribution is 2.13. The number of hydrogen-bond acceptors (Lipinski definition) is 6. The van der Waals surface area contributed by atoms with E-state index in [1.54, 1.807) is 5.38 Å². The van der Waals surface area contributed by atoms with Gasteiger partial charge in [0.1, 0.15) is 10.7 Å². The van der Waals surface area contributed by atoms with Crippen LogP contribution in [0.4, 0.5) is 0 Å². The maximum absolute atomic E-state index is 12.5. The van der Waals surface area contributed by atoms with Crippen molar-refractivity contribution in [3.8, 4) is 0 Å². The summed E-state index contributed by atoms with van der Waals surface area (Å²) in [6.07, 6.45) is 0.866. The molecule has 0 aromatic carbocycles. The topological polar surface area (TPSA) is 82.8 Å². The van der Waals surface area contributed by atoms with Gasteiger partial charge in [-0.15, -0.1) is 11.3 Å². The number of carbonyl (C=O) groups is 2. The van der Waals surface area contributed by atoms with Crippen LogP contribution in [0.15, 0.2) is 5.38 Å². The van der Waals surface area contributed by atoms with Crippen molar-refractivity contribution in [1.29, 1.82) is 0 Å². The highest BCUT2D eigenvalue weighted by atomic mass is 32.1. The predicted octanol–water partition coefficient (Wildman–Crippen LogP) is 0.618. The minimum absolute atomic E-state index is 0.0390. The van der Waals surface area contributed by atoms with Gasteiger partial charge < -0.3 is 15.5 Å². The average molecular weight is 353 g/mol. The zero-order valence-corrected chi connectivity index (χ0v) is 15.3. The SMILES string of the molecule is CCN(CC)C(=O)CN1CCCN(C(=O)c2csc(CN)n2)CC1. The zero-order valence-electron chi connectivity index (χ0n) is 14.5. The molecule has 0 aliphatic carbocycles. The summed E-state index contributed by atoms with van der Waals surface area (Å²) in [4.78, 5) is 34.9. The molecule has 2 N–H and O–H groups in total. The number of amides is 2. The number of carbonyl (C=O) groups excluding carboxylic acids is 2. The van der Waals surface area contributed by atoms with Crippen LogP contribution in [-0.4, -0.2) is 77.3 Å². The zero-order chi connectivity index (χ0) is 17.5. The third kappa shape index (κ3) is 4.75. The van der Waals surface area contributed by atoms with Gasteiger partial charge >= 0.3 is 0 Å². The van der Waals surface area contributed by atoms with E-state index in [1.807, 2.05) is 23.6 Å². The third-order valence-electron chi connectivity index (χ3n) is 4.30. The lowest BCUT2D eigenvalue weighted by molar-refractivity contribution is -0.132. The van der Waals surface area contributed by atoms with Crippen LogP contribution in [0.5, 0.6) is 0 Å².